The molecule has 0 aliphatic rings. The number of anilines is 2. The highest BCUT2D eigenvalue weighted by Gasteiger charge is 2.16. The number of aromatic nitrogens is 6. The predicted molar refractivity (Wildman–Crippen MR) is 183 cm³/mol. The number of H-pyrrole nitrogens is 1. The zero-order chi connectivity index (χ0) is 32.3. The zero-order valence-corrected chi connectivity index (χ0v) is 26.6. The molecule has 0 aliphatic carbocycles. The molecule has 6 aromatic rings. The van der Waals surface area contributed by atoms with Gasteiger partial charge in [-0.2, -0.15) is 15.3 Å². The number of rotatable bonds is 11. The Bertz CT molecular complexity index is 1900. The van der Waals surface area contributed by atoms with E-state index in [9.17, 15) is 4.79 Å². The molecule has 0 amide bonds. The van der Waals surface area contributed by atoms with Crippen molar-refractivity contribution in [3.8, 4) is 5.69 Å². The predicted octanol–water partition coefficient (Wildman–Crippen LogP) is 6.98. The molecular weight excluding hydrogens is 578 g/mol. The van der Waals surface area contributed by atoms with Crippen molar-refractivity contribution in [2.24, 2.45) is 5.10 Å². The van der Waals surface area contributed by atoms with Crippen LogP contribution in [0.25, 0.3) is 27.8 Å². The van der Waals surface area contributed by atoms with Crippen molar-refractivity contribution < 1.29 is 9.53 Å². The molecule has 0 bridgehead atoms. The molecule has 6 rings (SSSR count). The summed E-state index contributed by atoms with van der Waals surface area (Å²) in [5.74, 6) is -0.162. The van der Waals surface area contributed by atoms with Gasteiger partial charge in [-0.3, -0.25) is 15.3 Å². The molecule has 4 heterocycles. The first-order valence-electron chi connectivity index (χ1n) is 15.4. The van der Waals surface area contributed by atoms with Gasteiger partial charge in [0.25, 0.3) is 0 Å². The van der Waals surface area contributed by atoms with Gasteiger partial charge >= 0.3 is 5.97 Å². The van der Waals surface area contributed by atoms with Crippen LogP contribution in [0.4, 0.5) is 11.4 Å². The third-order valence-corrected chi connectivity index (χ3v) is 7.23. The summed E-state index contributed by atoms with van der Waals surface area (Å²) >= 11 is 0. The summed E-state index contributed by atoms with van der Waals surface area (Å²) in [5, 5.41) is 21.2. The number of para-hydroxylation sites is 1. The second-order valence-electron chi connectivity index (χ2n) is 10.8. The molecule has 0 spiro atoms. The topological polar surface area (TPSA) is 135 Å². The van der Waals surface area contributed by atoms with E-state index in [4.69, 9.17) is 4.74 Å². The average Bonchev–Trinajstić information content (AvgIpc) is 3.69. The summed E-state index contributed by atoms with van der Waals surface area (Å²) in [6.45, 7) is 8.43. The van der Waals surface area contributed by atoms with Crippen molar-refractivity contribution in [2.45, 2.75) is 53.0 Å². The van der Waals surface area contributed by atoms with Crippen LogP contribution in [-0.2, 0) is 9.53 Å². The lowest BCUT2D eigenvalue weighted by atomic mass is 10.1. The third kappa shape index (κ3) is 7.92. The Morgan fingerprint density at radius 3 is 2.54 bits per heavy atom. The number of ether oxygens (including phenoxy) is 1. The number of pyridine rings is 2. The number of benzene rings is 2. The van der Waals surface area contributed by atoms with E-state index < -0.39 is 0 Å². The monoisotopic (exact) mass is 617 g/mol. The molecule has 0 saturated heterocycles. The van der Waals surface area contributed by atoms with Gasteiger partial charge in [-0.25, -0.2) is 14.6 Å². The molecule has 46 heavy (non-hydrogen) atoms. The summed E-state index contributed by atoms with van der Waals surface area (Å²) in [7, 11) is 0. The number of esters is 1. The van der Waals surface area contributed by atoms with Gasteiger partial charge in [-0.1, -0.05) is 62.4 Å². The van der Waals surface area contributed by atoms with E-state index >= 15 is 0 Å². The fourth-order valence-electron chi connectivity index (χ4n) is 4.94. The van der Waals surface area contributed by atoms with E-state index in [1.807, 2.05) is 105 Å². The molecule has 0 radical (unpaired) electrons. The van der Waals surface area contributed by atoms with Crippen LogP contribution in [0.5, 0.6) is 0 Å². The number of hydrogen-bond acceptors (Lipinski definition) is 9. The zero-order valence-electron chi connectivity index (χ0n) is 26.6. The van der Waals surface area contributed by atoms with Crippen LogP contribution in [0.1, 0.15) is 50.1 Å². The Kier molecular flexibility index (Phi) is 10.7. The highest BCUT2D eigenvalue weighted by molar-refractivity contribution is 5.93. The molecule has 1 atom stereocenters. The summed E-state index contributed by atoms with van der Waals surface area (Å²) in [5.41, 5.74) is 10.3. The fraction of sp³-hybridized carbons (Fsp3) is 0.257. The van der Waals surface area contributed by atoms with Crippen LogP contribution < -0.4 is 10.7 Å². The number of nitrogens with zero attached hydrogens (tertiary/aromatic N) is 6. The van der Waals surface area contributed by atoms with E-state index in [2.05, 4.69) is 41.1 Å². The molecule has 4 aromatic heterocycles. The van der Waals surface area contributed by atoms with E-state index in [-0.39, 0.29) is 12.0 Å². The van der Waals surface area contributed by atoms with Crippen molar-refractivity contribution in [3.63, 3.8) is 0 Å². The molecule has 0 fully saturated rings. The lowest BCUT2D eigenvalue weighted by molar-refractivity contribution is -0.143. The Labute approximate surface area is 268 Å². The summed E-state index contributed by atoms with van der Waals surface area (Å²) in [4.78, 5) is 20.6. The second-order valence-corrected chi connectivity index (χ2v) is 10.8. The SMILES string of the molecule is CCCOC(=O)CC(CC)Nc1cc(C)nc2[nH]ncc12.Cc1nn(-c2ccccc2)c2nccc(NN=Cc3ccccc3)c12. The molecule has 11 nitrogen and oxygen atoms in total. The van der Waals surface area contributed by atoms with Crippen molar-refractivity contribution >= 4 is 45.6 Å². The quantitative estimate of drug-likeness (QED) is 0.0806. The van der Waals surface area contributed by atoms with Gasteiger partial charge in [0.15, 0.2) is 11.3 Å². The molecule has 0 saturated carbocycles. The minimum Gasteiger partial charge on any atom is -0.466 e. The number of hydrazone groups is 1. The van der Waals surface area contributed by atoms with Crippen LogP contribution in [0, 0.1) is 13.8 Å². The van der Waals surface area contributed by atoms with Gasteiger partial charge in [-0.05, 0) is 56.5 Å². The second kappa shape index (κ2) is 15.4. The molecule has 0 aliphatic heterocycles. The van der Waals surface area contributed by atoms with Gasteiger partial charge < -0.3 is 10.1 Å². The molecule has 3 N–H and O–H groups in total. The number of nitrogens with one attached hydrogen (secondary N) is 3. The first-order valence-corrected chi connectivity index (χ1v) is 15.4. The van der Waals surface area contributed by atoms with Gasteiger partial charge in [0.1, 0.15) is 0 Å². The van der Waals surface area contributed by atoms with E-state index in [1.165, 1.54) is 0 Å². The van der Waals surface area contributed by atoms with E-state index in [1.54, 1.807) is 18.6 Å². The third-order valence-electron chi connectivity index (χ3n) is 7.23. The minimum atomic E-state index is -0.162. The first-order chi connectivity index (χ1) is 22.5. The lowest BCUT2D eigenvalue weighted by Gasteiger charge is -2.18. The maximum atomic E-state index is 11.7. The van der Waals surface area contributed by atoms with Crippen LogP contribution in [0.3, 0.4) is 0 Å². The van der Waals surface area contributed by atoms with Crippen molar-refractivity contribution in [3.05, 3.63) is 102 Å². The number of aryl methyl sites for hydroxylation is 2. The maximum absolute atomic E-state index is 11.7. The minimum absolute atomic E-state index is 0.0363. The van der Waals surface area contributed by atoms with Gasteiger partial charge in [0, 0.05) is 23.6 Å². The standard InChI is InChI=1S/C20H17N5.C15H22N4O2/c1-15-19-18(23-22-14-16-8-4-2-5-9-16)12-13-21-20(19)25(24-15)17-10-6-3-7-11-17;1-4-6-21-14(20)8-11(5-2)18-13-7-10(3)17-15-12(13)9-16-19-15/h2-14H,1H3,(H,21,23);7,9,11H,4-6,8H2,1-3H3,(H2,16,17,18,19). The molecule has 236 valence electrons. The van der Waals surface area contributed by atoms with Crippen molar-refractivity contribution in [1.29, 1.82) is 0 Å². The fourth-order valence-corrected chi connectivity index (χ4v) is 4.94. The molecule has 11 heteroatoms. The lowest BCUT2D eigenvalue weighted by Crippen LogP contribution is -2.24. The number of hydrogen-bond donors (Lipinski definition) is 3. The number of carbonyl (C=O) groups is 1. The normalized spacial score (nSPS) is 11.7. The molecule has 2 aromatic carbocycles. The van der Waals surface area contributed by atoms with Crippen LogP contribution in [-0.4, -0.2) is 54.8 Å². The largest absolute Gasteiger partial charge is 0.466 e. The summed E-state index contributed by atoms with van der Waals surface area (Å²) in [6, 6.07) is 23.9. The van der Waals surface area contributed by atoms with Crippen LogP contribution in [0.15, 0.2) is 90.3 Å². The van der Waals surface area contributed by atoms with Gasteiger partial charge in [0.2, 0.25) is 0 Å². The maximum Gasteiger partial charge on any atom is 0.307 e. The summed E-state index contributed by atoms with van der Waals surface area (Å²) in [6.07, 6.45) is 7.34. The number of carbonyl (C=O) groups excluding carboxylic acids is 1. The number of fused-ring (bicyclic) bond motifs is 2. The summed E-state index contributed by atoms with van der Waals surface area (Å²) < 4.78 is 7.01. The van der Waals surface area contributed by atoms with Gasteiger partial charge in [-0.15, -0.1) is 0 Å². The Balaban J connectivity index is 0.000000184. The van der Waals surface area contributed by atoms with Crippen LogP contribution >= 0.6 is 0 Å². The number of aromatic amines is 1. The van der Waals surface area contributed by atoms with Crippen LogP contribution in [0.2, 0.25) is 0 Å². The van der Waals surface area contributed by atoms with Crippen molar-refractivity contribution in [2.75, 3.05) is 17.3 Å². The highest BCUT2D eigenvalue weighted by Crippen LogP contribution is 2.27. The smallest absolute Gasteiger partial charge is 0.307 e. The Morgan fingerprint density at radius 1 is 1.04 bits per heavy atom. The molecular formula is C35H39N9O2. The van der Waals surface area contributed by atoms with Crippen molar-refractivity contribution in [1.82, 2.24) is 29.9 Å². The Morgan fingerprint density at radius 2 is 1.80 bits per heavy atom. The van der Waals surface area contributed by atoms with E-state index in [0.717, 1.165) is 68.9 Å². The van der Waals surface area contributed by atoms with Gasteiger partial charge in [0.05, 0.1) is 53.3 Å². The Hall–Kier alpha value is -5.58. The average molecular weight is 618 g/mol. The molecule has 1 unspecified atom stereocenters. The highest BCUT2D eigenvalue weighted by atomic mass is 16.5. The van der Waals surface area contributed by atoms with E-state index in [0.29, 0.717) is 13.0 Å². The first kappa shape index (κ1) is 31.8.